The van der Waals surface area contributed by atoms with E-state index in [2.05, 4.69) is 48.3 Å². The second kappa shape index (κ2) is 8.67. The lowest BCUT2D eigenvalue weighted by Gasteiger charge is -2.27. The molecule has 7 nitrogen and oxygen atoms in total. The van der Waals surface area contributed by atoms with Gasteiger partial charge in [-0.2, -0.15) is 5.10 Å². The predicted molar refractivity (Wildman–Crippen MR) is 128 cm³/mol. The third kappa shape index (κ3) is 3.59. The Balaban J connectivity index is 1.62. The minimum atomic E-state index is -0.406. The van der Waals surface area contributed by atoms with Crippen molar-refractivity contribution in [1.82, 2.24) is 10.2 Å². The summed E-state index contributed by atoms with van der Waals surface area (Å²) in [6.45, 7) is 6.36. The molecule has 0 saturated carbocycles. The number of benzene rings is 2. The van der Waals surface area contributed by atoms with E-state index < -0.39 is 12.0 Å². The number of furan rings is 1. The topological polar surface area (TPSA) is 88.4 Å². The van der Waals surface area contributed by atoms with E-state index in [0.717, 1.165) is 11.1 Å². The summed E-state index contributed by atoms with van der Waals surface area (Å²) in [7, 11) is 0. The molecule has 7 heteroatoms. The van der Waals surface area contributed by atoms with Crippen molar-refractivity contribution in [2.45, 2.75) is 32.7 Å². The largest absolute Gasteiger partial charge is 0.463 e. The molecule has 1 N–H and O–H groups in total. The first kappa shape index (κ1) is 21.7. The Morgan fingerprint density at radius 3 is 2.47 bits per heavy atom. The number of rotatable bonds is 6. The Bertz CT molecular complexity index is 1320. The first-order valence-corrected chi connectivity index (χ1v) is 11.3. The van der Waals surface area contributed by atoms with Crippen molar-refractivity contribution in [3.05, 3.63) is 94.9 Å². The van der Waals surface area contributed by atoms with E-state index in [1.54, 1.807) is 48.4 Å². The van der Waals surface area contributed by atoms with Crippen molar-refractivity contribution in [3.8, 4) is 11.5 Å². The fourth-order valence-electron chi connectivity index (χ4n) is 4.37. The maximum atomic E-state index is 13.6. The van der Waals surface area contributed by atoms with Crippen LogP contribution in [-0.2, 0) is 4.74 Å². The van der Waals surface area contributed by atoms with E-state index >= 15 is 0 Å². The number of carbonyl (C=O) groups is 2. The number of nitrogens with one attached hydrogen (secondary N) is 1. The quantitative estimate of drug-likeness (QED) is 0.376. The van der Waals surface area contributed by atoms with Crippen LogP contribution < -0.4 is 4.90 Å². The lowest BCUT2D eigenvalue weighted by molar-refractivity contribution is 0.0526. The molecule has 4 aromatic rings. The number of carbonyl (C=O) groups excluding carboxylic acids is 2. The summed E-state index contributed by atoms with van der Waals surface area (Å²) < 4.78 is 10.7. The number of amides is 1. The van der Waals surface area contributed by atoms with Crippen molar-refractivity contribution in [1.29, 1.82) is 0 Å². The molecular formula is C27H25N3O4. The highest BCUT2D eigenvalue weighted by molar-refractivity contribution is 6.11. The summed E-state index contributed by atoms with van der Waals surface area (Å²) in [5, 5.41) is 7.35. The van der Waals surface area contributed by atoms with Gasteiger partial charge in [-0.1, -0.05) is 38.1 Å². The molecule has 172 valence electrons. The molecule has 0 bridgehead atoms. The van der Waals surface area contributed by atoms with E-state index in [1.807, 2.05) is 6.07 Å². The van der Waals surface area contributed by atoms with Gasteiger partial charge >= 0.3 is 5.97 Å². The van der Waals surface area contributed by atoms with Crippen LogP contribution in [0.4, 0.5) is 5.69 Å². The number of hydrogen-bond acceptors (Lipinski definition) is 5. The fraction of sp³-hybridized carbons (Fsp3) is 0.222. The van der Waals surface area contributed by atoms with Gasteiger partial charge in [0.05, 0.1) is 24.5 Å². The highest BCUT2D eigenvalue weighted by Crippen LogP contribution is 2.45. The summed E-state index contributed by atoms with van der Waals surface area (Å²) in [6, 6.07) is 18.4. The number of ether oxygens (including phenoxy) is 1. The average molecular weight is 456 g/mol. The van der Waals surface area contributed by atoms with Crippen LogP contribution in [0.3, 0.4) is 0 Å². The van der Waals surface area contributed by atoms with Gasteiger partial charge in [0.25, 0.3) is 5.91 Å². The van der Waals surface area contributed by atoms with Crippen LogP contribution in [0.15, 0.2) is 71.3 Å². The van der Waals surface area contributed by atoms with Crippen LogP contribution in [0.5, 0.6) is 0 Å². The van der Waals surface area contributed by atoms with Gasteiger partial charge < -0.3 is 9.15 Å². The molecule has 0 saturated heterocycles. The second-order valence-electron chi connectivity index (χ2n) is 8.50. The van der Waals surface area contributed by atoms with Gasteiger partial charge in [-0.05, 0) is 60.4 Å². The van der Waals surface area contributed by atoms with Crippen molar-refractivity contribution >= 4 is 17.6 Å². The van der Waals surface area contributed by atoms with Crippen LogP contribution in [-0.4, -0.2) is 28.7 Å². The Kier molecular flexibility index (Phi) is 5.53. The number of anilines is 1. The number of aromatic nitrogens is 2. The zero-order valence-corrected chi connectivity index (χ0v) is 19.2. The summed E-state index contributed by atoms with van der Waals surface area (Å²) in [5.74, 6) is 0.403. The molecule has 0 spiro atoms. The van der Waals surface area contributed by atoms with Gasteiger partial charge in [0.2, 0.25) is 0 Å². The minimum absolute atomic E-state index is 0.217. The van der Waals surface area contributed by atoms with Gasteiger partial charge in [0, 0.05) is 11.3 Å². The molecule has 2 aromatic carbocycles. The Morgan fingerprint density at radius 1 is 1.12 bits per heavy atom. The molecule has 3 heterocycles. The number of nitrogens with zero attached hydrogens (tertiary/aromatic N) is 2. The molecule has 2 aromatic heterocycles. The molecule has 0 fully saturated rings. The monoisotopic (exact) mass is 455 g/mol. The number of fused-ring (bicyclic) bond motifs is 1. The maximum absolute atomic E-state index is 13.6. The average Bonchev–Trinajstić information content (AvgIpc) is 3.57. The highest BCUT2D eigenvalue weighted by Gasteiger charge is 2.43. The third-order valence-electron chi connectivity index (χ3n) is 6.10. The van der Waals surface area contributed by atoms with Crippen LogP contribution in [0, 0.1) is 0 Å². The Hall–Kier alpha value is -4.13. The molecule has 5 rings (SSSR count). The molecule has 1 unspecified atom stereocenters. The van der Waals surface area contributed by atoms with E-state index in [-0.39, 0.29) is 5.91 Å². The van der Waals surface area contributed by atoms with Gasteiger partial charge in [-0.15, -0.1) is 0 Å². The molecular weight excluding hydrogens is 430 g/mol. The van der Waals surface area contributed by atoms with Crippen LogP contribution in [0.1, 0.15) is 70.3 Å². The highest BCUT2D eigenvalue weighted by atomic mass is 16.5. The smallest absolute Gasteiger partial charge is 0.338 e. The molecule has 1 atom stereocenters. The normalized spacial score (nSPS) is 15.1. The Morgan fingerprint density at radius 2 is 1.85 bits per heavy atom. The molecule has 1 aliphatic rings. The molecule has 0 aliphatic carbocycles. The number of esters is 1. The third-order valence-corrected chi connectivity index (χ3v) is 6.10. The summed E-state index contributed by atoms with van der Waals surface area (Å²) in [4.78, 5) is 27.4. The van der Waals surface area contributed by atoms with Crippen molar-refractivity contribution < 1.29 is 18.7 Å². The first-order valence-electron chi connectivity index (χ1n) is 11.3. The zero-order chi connectivity index (χ0) is 23.8. The second-order valence-corrected chi connectivity index (χ2v) is 8.50. The van der Waals surface area contributed by atoms with Crippen LogP contribution in [0.2, 0.25) is 0 Å². The van der Waals surface area contributed by atoms with Crippen LogP contribution >= 0.6 is 0 Å². The first-order chi connectivity index (χ1) is 16.5. The lowest BCUT2D eigenvalue weighted by atomic mass is 9.94. The van der Waals surface area contributed by atoms with Crippen molar-refractivity contribution in [3.63, 3.8) is 0 Å². The standard InChI is InChI=1S/C27H25N3O4/c1-4-33-27(32)19-11-13-20(14-12-19)30-25(18-9-7-17(8-10-18)16(2)3)22-23(21-6-5-15-34-21)28-29-24(22)26(30)31/h5-16,25H,4H2,1-3H3,(H,28,29). The SMILES string of the molecule is CCOC(=O)c1ccc(N2C(=O)c3n[nH]c(-c4ccco4)c3C2c2ccc(C(C)C)cc2)cc1. The molecule has 34 heavy (non-hydrogen) atoms. The van der Waals surface area contributed by atoms with E-state index in [4.69, 9.17) is 9.15 Å². The Labute approximate surface area is 197 Å². The lowest BCUT2D eigenvalue weighted by Crippen LogP contribution is -2.29. The summed E-state index contributed by atoms with van der Waals surface area (Å²) in [5.41, 5.74) is 5.09. The number of aromatic amines is 1. The van der Waals surface area contributed by atoms with Crippen molar-refractivity contribution in [2.75, 3.05) is 11.5 Å². The molecule has 0 radical (unpaired) electrons. The summed E-state index contributed by atoms with van der Waals surface area (Å²) >= 11 is 0. The van der Waals surface area contributed by atoms with E-state index in [0.29, 0.717) is 40.9 Å². The van der Waals surface area contributed by atoms with Gasteiger partial charge in [0.1, 0.15) is 5.69 Å². The number of H-pyrrole nitrogens is 1. The molecule has 1 amide bonds. The predicted octanol–water partition coefficient (Wildman–Crippen LogP) is 5.72. The van der Waals surface area contributed by atoms with Gasteiger partial charge in [-0.3, -0.25) is 14.8 Å². The van der Waals surface area contributed by atoms with Gasteiger partial charge in [-0.25, -0.2) is 4.79 Å². The van der Waals surface area contributed by atoms with Gasteiger partial charge in [0.15, 0.2) is 11.5 Å². The summed E-state index contributed by atoms with van der Waals surface area (Å²) in [6.07, 6.45) is 1.59. The zero-order valence-electron chi connectivity index (χ0n) is 19.2. The number of hydrogen-bond donors (Lipinski definition) is 1. The van der Waals surface area contributed by atoms with E-state index in [1.165, 1.54) is 5.56 Å². The molecule has 1 aliphatic heterocycles. The fourth-order valence-corrected chi connectivity index (χ4v) is 4.37. The van der Waals surface area contributed by atoms with Crippen LogP contribution in [0.25, 0.3) is 11.5 Å². The maximum Gasteiger partial charge on any atom is 0.338 e. The van der Waals surface area contributed by atoms with Crippen molar-refractivity contribution in [2.24, 2.45) is 0 Å². The minimum Gasteiger partial charge on any atom is -0.463 e. The van der Waals surface area contributed by atoms with E-state index in [9.17, 15) is 9.59 Å².